The Labute approximate surface area is 123 Å². The smallest absolute Gasteiger partial charge is 0.241 e. The van der Waals surface area contributed by atoms with Crippen molar-refractivity contribution in [1.29, 1.82) is 0 Å². The predicted octanol–water partition coefficient (Wildman–Crippen LogP) is 2.02. The summed E-state index contributed by atoms with van der Waals surface area (Å²) in [5, 5.41) is 0. The number of benzene rings is 1. The second kappa shape index (κ2) is 5.87. The Kier molecular flexibility index (Phi) is 4.34. The highest BCUT2D eigenvalue weighted by atomic mass is 32.2. The van der Waals surface area contributed by atoms with E-state index in [0.717, 1.165) is 0 Å². The molecule has 0 saturated heterocycles. The summed E-state index contributed by atoms with van der Waals surface area (Å²) in [7, 11) is -3.73. The van der Waals surface area contributed by atoms with Gasteiger partial charge >= 0.3 is 0 Å². The summed E-state index contributed by atoms with van der Waals surface area (Å²) in [6.45, 7) is 4.92. The average molecular weight is 309 g/mol. The van der Waals surface area contributed by atoms with Gasteiger partial charge in [0.05, 0.1) is 17.1 Å². The molecule has 0 spiro atoms. The fraction of sp³-hybridized carbons (Fsp3) is 0.286. The lowest BCUT2D eigenvalue weighted by atomic mass is 10.1. The van der Waals surface area contributed by atoms with Crippen LogP contribution in [0.1, 0.15) is 22.6 Å². The molecule has 1 aromatic carbocycles. The van der Waals surface area contributed by atoms with E-state index in [1.165, 1.54) is 12.1 Å². The van der Waals surface area contributed by atoms with Gasteiger partial charge in [-0.3, -0.25) is 0 Å². The molecule has 1 heterocycles. The van der Waals surface area contributed by atoms with Crippen LogP contribution in [0, 0.1) is 26.6 Å². The Morgan fingerprint density at radius 2 is 1.81 bits per heavy atom. The van der Waals surface area contributed by atoms with Gasteiger partial charge in [-0.2, -0.15) is 0 Å². The minimum absolute atomic E-state index is 0.0575. The third kappa shape index (κ3) is 3.62. The van der Waals surface area contributed by atoms with Crippen LogP contribution in [0.15, 0.2) is 29.3 Å². The summed E-state index contributed by atoms with van der Waals surface area (Å²) in [6, 6.07) is 4.05. The Morgan fingerprint density at radius 1 is 1.19 bits per heavy atom. The number of sulfonamides is 1. The van der Waals surface area contributed by atoms with E-state index in [0.29, 0.717) is 22.6 Å². The molecule has 0 unspecified atom stereocenters. The van der Waals surface area contributed by atoms with Crippen LogP contribution in [0.4, 0.5) is 4.39 Å². The molecule has 112 valence electrons. The lowest BCUT2D eigenvalue weighted by Gasteiger charge is -2.12. The van der Waals surface area contributed by atoms with E-state index in [-0.39, 0.29) is 11.4 Å². The van der Waals surface area contributed by atoms with Gasteiger partial charge in [-0.15, -0.1) is 0 Å². The highest BCUT2D eigenvalue weighted by Crippen LogP contribution is 2.21. The number of nitrogens with zero attached hydrogens (tertiary/aromatic N) is 2. The maximum Gasteiger partial charge on any atom is 0.241 e. The zero-order chi connectivity index (χ0) is 15.6. The number of nitrogens with one attached hydrogen (secondary N) is 1. The maximum atomic E-state index is 13.3. The summed E-state index contributed by atoms with van der Waals surface area (Å²) in [6.07, 6.45) is 1.57. The Morgan fingerprint density at radius 3 is 2.38 bits per heavy atom. The molecule has 0 fully saturated rings. The first-order chi connectivity index (χ1) is 9.79. The Balaban J connectivity index is 2.27. The second-order valence-corrected chi connectivity index (χ2v) is 6.49. The molecule has 0 saturated carbocycles. The van der Waals surface area contributed by atoms with Crippen molar-refractivity contribution in [2.24, 2.45) is 0 Å². The van der Waals surface area contributed by atoms with E-state index in [4.69, 9.17) is 0 Å². The molecule has 0 aliphatic heterocycles. The van der Waals surface area contributed by atoms with Crippen LogP contribution in [0.2, 0.25) is 0 Å². The zero-order valence-electron chi connectivity index (χ0n) is 12.0. The fourth-order valence-corrected chi connectivity index (χ4v) is 3.61. The third-order valence-electron chi connectivity index (χ3n) is 2.97. The van der Waals surface area contributed by atoms with E-state index in [1.807, 2.05) is 0 Å². The molecule has 1 N–H and O–H groups in total. The van der Waals surface area contributed by atoms with Crippen LogP contribution in [-0.4, -0.2) is 18.4 Å². The highest BCUT2D eigenvalue weighted by molar-refractivity contribution is 7.89. The van der Waals surface area contributed by atoms with Crippen molar-refractivity contribution in [3.63, 3.8) is 0 Å². The summed E-state index contributed by atoms with van der Waals surface area (Å²) >= 11 is 0. The van der Waals surface area contributed by atoms with Gasteiger partial charge < -0.3 is 0 Å². The van der Waals surface area contributed by atoms with E-state index in [1.54, 1.807) is 33.0 Å². The van der Waals surface area contributed by atoms with Crippen molar-refractivity contribution in [3.05, 3.63) is 52.9 Å². The standard InChI is InChI=1S/C14H16FN3O2S/c1-9-6-12(15)7-10(2)14(9)21(19,20)17-8-13-4-5-16-11(3)18-13/h4-7,17H,8H2,1-3H3. The summed E-state index contributed by atoms with van der Waals surface area (Å²) in [5.74, 6) is 0.121. The van der Waals surface area contributed by atoms with Gasteiger partial charge in [-0.1, -0.05) is 0 Å². The molecule has 7 heteroatoms. The molecule has 0 radical (unpaired) electrons. The van der Waals surface area contributed by atoms with Crippen molar-refractivity contribution in [1.82, 2.24) is 14.7 Å². The molecule has 0 aliphatic carbocycles. The van der Waals surface area contributed by atoms with Gasteiger partial charge in [0.1, 0.15) is 11.6 Å². The normalized spacial score (nSPS) is 11.6. The van der Waals surface area contributed by atoms with Crippen LogP contribution in [0.5, 0.6) is 0 Å². The Hall–Kier alpha value is -1.86. The van der Waals surface area contributed by atoms with Crippen LogP contribution >= 0.6 is 0 Å². The molecule has 5 nitrogen and oxygen atoms in total. The third-order valence-corrected chi connectivity index (χ3v) is 4.68. The molecule has 0 atom stereocenters. The number of hydrogen-bond acceptors (Lipinski definition) is 4. The zero-order valence-corrected chi connectivity index (χ0v) is 12.8. The first kappa shape index (κ1) is 15.5. The maximum absolute atomic E-state index is 13.3. The molecule has 0 bridgehead atoms. The quantitative estimate of drug-likeness (QED) is 0.938. The molecule has 2 aromatic rings. The monoisotopic (exact) mass is 309 g/mol. The number of halogens is 1. The average Bonchev–Trinajstić information content (AvgIpc) is 2.35. The lowest BCUT2D eigenvalue weighted by Crippen LogP contribution is -2.25. The predicted molar refractivity (Wildman–Crippen MR) is 76.7 cm³/mol. The molecular formula is C14H16FN3O2S. The van der Waals surface area contributed by atoms with Gasteiger partial charge in [-0.05, 0) is 50.1 Å². The summed E-state index contributed by atoms with van der Waals surface area (Å²) in [4.78, 5) is 8.19. The summed E-state index contributed by atoms with van der Waals surface area (Å²) in [5.41, 5.74) is 1.32. The first-order valence-electron chi connectivity index (χ1n) is 6.34. The number of hydrogen-bond donors (Lipinski definition) is 1. The Bertz CT molecular complexity index is 753. The van der Waals surface area contributed by atoms with Gasteiger partial charge in [0, 0.05) is 6.20 Å². The van der Waals surface area contributed by atoms with Crippen LogP contribution < -0.4 is 4.72 Å². The summed E-state index contributed by atoms with van der Waals surface area (Å²) < 4.78 is 40.5. The molecule has 2 rings (SSSR count). The largest absolute Gasteiger partial charge is 0.242 e. The van der Waals surface area contributed by atoms with Crippen molar-refractivity contribution in [2.75, 3.05) is 0 Å². The van der Waals surface area contributed by atoms with Gasteiger partial charge in [-0.25, -0.2) is 27.5 Å². The van der Waals surface area contributed by atoms with E-state index >= 15 is 0 Å². The fourth-order valence-electron chi connectivity index (χ4n) is 2.17. The van der Waals surface area contributed by atoms with Crippen LogP contribution in [0.25, 0.3) is 0 Å². The van der Waals surface area contributed by atoms with E-state index in [9.17, 15) is 12.8 Å². The van der Waals surface area contributed by atoms with Gasteiger partial charge in [0.15, 0.2) is 0 Å². The minimum Gasteiger partial charge on any atom is -0.242 e. The molecule has 21 heavy (non-hydrogen) atoms. The molecule has 0 amide bonds. The van der Waals surface area contributed by atoms with E-state index in [2.05, 4.69) is 14.7 Å². The molecule has 0 aliphatic rings. The van der Waals surface area contributed by atoms with Crippen molar-refractivity contribution >= 4 is 10.0 Å². The number of aromatic nitrogens is 2. The van der Waals surface area contributed by atoms with Gasteiger partial charge in [0.25, 0.3) is 0 Å². The van der Waals surface area contributed by atoms with Gasteiger partial charge in [0.2, 0.25) is 10.0 Å². The van der Waals surface area contributed by atoms with Crippen molar-refractivity contribution < 1.29 is 12.8 Å². The van der Waals surface area contributed by atoms with E-state index < -0.39 is 15.8 Å². The SMILES string of the molecule is Cc1nccc(CNS(=O)(=O)c2c(C)cc(F)cc2C)n1. The molecular weight excluding hydrogens is 293 g/mol. The van der Waals surface area contributed by atoms with Crippen molar-refractivity contribution in [2.45, 2.75) is 32.2 Å². The van der Waals surface area contributed by atoms with Crippen LogP contribution in [-0.2, 0) is 16.6 Å². The number of aryl methyl sites for hydroxylation is 3. The number of rotatable bonds is 4. The van der Waals surface area contributed by atoms with Crippen molar-refractivity contribution in [3.8, 4) is 0 Å². The topological polar surface area (TPSA) is 72.0 Å². The highest BCUT2D eigenvalue weighted by Gasteiger charge is 2.20. The lowest BCUT2D eigenvalue weighted by molar-refractivity contribution is 0.577. The first-order valence-corrected chi connectivity index (χ1v) is 7.83. The minimum atomic E-state index is -3.73. The van der Waals surface area contributed by atoms with Crippen LogP contribution in [0.3, 0.4) is 0 Å². The molecule has 1 aromatic heterocycles. The second-order valence-electron chi connectivity index (χ2n) is 4.79.